The molecule has 7 heteroatoms. The van der Waals surface area contributed by atoms with E-state index < -0.39 is 17.9 Å². The number of rotatable bonds is 4. The van der Waals surface area contributed by atoms with E-state index in [1.807, 2.05) is 0 Å². The van der Waals surface area contributed by atoms with Gasteiger partial charge in [-0.25, -0.2) is 0 Å². The Kier molecular flexibility index (Phi) is 5.35. The Morgan fingerprint density at radius 1 is 1.00 bits per heavy atom. The molecule has 2 rings (SSSR count). The maximum absolute atomic E-state index is 12.6. The Morgan fingerprint density at radius 3 is 2.05 bits per heavy atom. The Morgan fingerprint density at radius 2 is 1.57 bits per heavy atom. The minimum absolute atomic E-state index is 0.0113. The second kappa shape index (κ2) is 6.85. The van der Waals surface area contributed by atoms with Gasteiger partial charge in [-0.2, -0.15) is 22.0 Å². The number of anilines is 1. The molecule has 1 fully saturated rings. The van der Waals surface area contributed by atoms with E-state index in [-0.39, 0.29) is 18.9 Å². The summed E-state index contributed by atoms with van der Waals surface area (Å²) >= 11 is 0.470. The van der Waals surface area contributed by atoms with Gasteiger partial charge in [0.15, 0.2) is 0 Å². The Bertz CT molecular complexity index is 438. The average Bonchev–Trinajstić information content (AvgIpc) is 2.40. The van der Waals surface area contributed by atoms with Crippen molar-refractivity contribution in [2.75, 3.05) is 5.32 Å². The zero-order valence-corrected chi connectivity index (χ0v) is 12.0. The lowest BCUT2D eigenvalue weighted by Gasteiger charge is -2.30. The molecular weight excluding hydrogens is 309 g/mol. The third-order valence-electron chi connectivity index (χ3n) is 3.64. The van der Waals surface area contributed by atoms with Gasteiger partial charge in [0, 0.05) is 16.6 Å². The van der Waals surface area contributed by atoms with Crippen LogP contribution in [0.1, 0.15) is 25.7 Å². The van der Waals surface area contributed by atoms with Crippen LogP contribution in [0.3, 0.4) is 0 Å². The van der Waals surface area contributed by atoms with Crippen LogP contribution in [0.15, 0.2) is 29.2 Å². The molecule has 0 unspecified atom stereocenters. The molecule has 0 aliphatic heterocycles. The standard InChI is InChI=1S/C14H16F5NS/c15-13(16)21-12-7-5-11(6-8-12)20-10-3-1-9(2-4-10)14(17,18)19/h5-10,13,20H,1-4H2. The van der Waals surface area contributed by atoms with E-state index in [0.29, 0.717) is 29.5 Å². The second-order valence-corrected chi connectivity index (χ2v) is 6.20. The van der Waals surface area contributed by atoms with Crippen molar-refractivity contribution in [3.8, 4) is 0 Å². The van der Waals surface area contributed by atoms with Crippen molar-refractivity contribution < 1.29 is 22.0 Å². The van der Waals surface area contributed by atoms with Gasteiger partial charge in [0.25, 0.3) is 5.76 Å². The lowest BCUT2D eigenvalue weighted by Crippen LogP contribution is -2.32. The highest BCUT2D eigenvalue weighted by Crippen LogP contribution is 2.38. The van der Waals surface area contributed by atoms with Crippen molar-refractivity contribution in [3.63, 3.8) is 0 Å². The molecule has 1 aromatic rings. The van der Waals surface area contributed by atoms with Gasteiger partial charge < -0.3 is 5.32 Å². The first kappa shape index (κ1) is 16.4. The summed E-state index contributed by atoms with van der Waals surface area (Å²) in [5.74, 6) is -3.65. The quantitative estimate of drug-likeness (QED) is 0.576. The lowest BCUT2D eigenvalue weighted by atomic mass is 9.85. The number of hydrogen-bond acceptors (Lipinski definition) is 2. The first-order valence-electron chi connectivity index (χ1n) is 6.72. The zero-order valence-electron chi connectivity index (χ0n) is 11.2. The number of hydrogen-bond donors (Lipinski definition) is 1. The fourth-order valence-electron chi connectivity index (χ4n) is 2.53. The van der Waals surface area contributed by atoms with E-state index in [4.69, 9.17) is 0 Å². The molecule has 0 spiro atoms. The third-order valence-corrected chi connectivity index (χ3v) is 4.36. The molecule has 0 saturated heterocycles. The molecule has 118 valence electrons. The highest BCUT2D eigenvalue weighted by atomic mass is 32.2. The van der Waals surface area contributed by atoms with E-state index in [1.165, 1.54) is 0 Å². The van der Waals surface area contributed by atoms with Crippen LogP contribution in [0, 0.1) is 5.92 Å². The summed E-state index contributed by atoms with van der Waals surface area (Å²) in [6.45, 7) is 0. The van der Waals surface area contributed by atoms with Crippen LogP contribution in [0.2, 0.25) is 0 Å². The third kappa shape index (κ3) is 5.05. The molecule has 0 heterocycles. The molecule has 0 atom stereocenters. The first-order valence-corrected chi connectivity index (χ1v) is 7.60. The van der Waals surface area contributed by atoms with Crippen molar-refractivity contribution in [2.45, 2.75) is 48.6 Å². The molecule has 1 aromatic carbocycles. The highest BCUT2D eigenvalue weighted by molar-refractivity contribution is 7.99. The first-order chi connectivity index (χ1) is 9.84. The van der Waals surface area contributed by atoms with E-state index >= 15 is 0 Å². The van der Waals surface area contributed by atoms with Crippen molar-refractivity contribution in [1.82, 2.24) is 0 Å². The summed E-state index contributed by atoms with van der Waals surface area (Å²) in [6.07, 6.45) is -2.88. The SMILES string of the molecule is FC(F)Sc1ccc(NC2CCC(C(F)(F)F)CC2)cc1. The summed E-state index contributed by atoms with van der Waals surface area (Å²) in [7, 11) is 0. The predicted octanol–water partition coefficient (Wildman–Crippen LogP) is 5.53. The van der Waals surface area contributed by atoms with Gasteiger partial charge in [0.1, 0.15) is 0 Å². The molecule has 0 amide bonds. The van der Waals surface area contributed by atoms with E-state index in [1.54, 1.807) is 24.3 Å². The summed E-state index contributed by atoms with van der Waals surface area (Å²) < 4.78 is 62.0. The van der Waals surface area contributed by atoms with Crippen LogP contribution in [0.5, 0.6) is 0 Å². The molecule has 21 heavy (non-hydrogen) atoms. The van der Waals surface area contributed by atoms with Gasteiger partial charge in [-0.05, 0) is 49.9 Å². The maximum atomic E-state index is 12.6. The summed E-state index contributed by atoms with van der Waals surface area (Å²) in [5.41, 5.74) is 0.754. The van der Waals surface area contributed by atoms with Crippen LogP contribution in [-0.4, -0.2) is 18.0 Å². The van der Waals surface area contributed by atoms with Crippen LogP contribution >= 0.6 is 11.8 Å². The molecule has 1 N–H and O–H groups in total. The number of nitrogens with one attached hydrogen (secondary N) is 1. The molecular formula is C14H16F5NS. The smallest absolute Gasteiger partial charge is 0.382 e. The van der Waals surface area contributed by atoms with Gasteiger partial charge in [-0.3, -0.25) is 0 Å². The molecule has 1 aliphatic carbocycles. The van der Waals surface area contributed by atoms with Crippen molar-refractivity contribution in [1.29, 1.82) is 0 Å². The number of benzene rings is 1. The molecule has 0 radical (unpaired) electrons. The Hall–Kier alpha value is -0.980. The number of alkyl halides is 5. The number of halogens is 5. The van der Waals surface area contributed by atoms with Gasteiger partial charge in [-0.1, -0.05) is 11.8 Å². The number of thioether (sulfide) groups is 1. The molecule has 1 aliphatic rings. The van der Waals surface area contributed by atoms with Crippen molar-refractivity contribution in [3.05, 3.63) is 24.3 Å². The summed E-state index contributed by atoms with van der Waals surface area (Å²) in [4.78, 5) is 0.469. The average molecular weight is 325 g/mol. The van der Waals surface area contributed by atoms with E-state index in [0.717, 1.165) is 5.69 Å². The molecule has 1 nitrogen and oxygen atoms in total. The molecule has 0 bridgehead atoms. The van der Waals surface area contributed by atoms with Gasteiger partial charge in [-0.15, -0.1) is 0 Å². The summed E-state index contributed by atoms with van der Waals surface area (Å²) in [6, 6.07) is 6.54. The van der Waals surface area contributed by atoms with Gasteiger partial charge in [0.2, 0.25) is 0 Å². The van der Waals surface area contributed by atoms with Crippen LogP contribution in [-0.2, 0) is 0 Å². The Balaban J connectivity index is 1.83. The Labute approximate surface area is 124 Å². The molecule has 0 aromatic heterocycles. The monoisotopic (exact) mass is 325 g/mol. The minimum Gasteiger partial charge on any atom is -0.382 e. The fourth-order valence-corrected chi connectivity index (χ4v) is 3.03. The summed E-state index contributed by atoms with van der Waals surface area (Å²) in [5, 5.41) is 3.17. The van der Waals surface area contributed by atoms with Crippen LogP contribution in [0.4, 0.5) is 27.6 Å². The van der Waals surface area contributed by atoms with Crippen molar-refractivity contribution in [2.24, 2.45) is 5.92 Å². The zero-order chi connectivity index (χ0) is 15.5. The predicted molar refractivity (Wildman–Crippen MR) is 73.7 cm³/mol. The lowest BCUT2D eigenvalue weighted by molar-refractivity contribution is -0.182. The highest BCUT2D eigenvalue weighted by Gasteiger charge is 2.41. The minimum atomic E-state index is -4.10. The maximum Gasteiger partial charge on any atom is 0.391 e. The van der Waals surface area contributed by atoms with Crippen LogP contribution < -0.4 is 5.32 Å². The molecule has 1 saturated carbocycles. The van der Waals surface area contributed by atoms with Crippen LogP contribution in [0.25, 0.3) is 0 Å². The normalized spacial score (nSPS) is 23.3. The van der Waals surface area contributed by atoms with Gasteiger partial charge in [0.05, 0.1) is 5.92 Å². The van der Waals surface area contributed by atoms with Crippen molar-refractivity contribution >= 4 is 17.4 Å². The van der Waals surface area contributed by atoms with E-state index in [2.05, 4.69) is 5.32 Å². The second-order valence-electron chi connectivity index (χ2n) is 5.14. The fraction of sp³-hybridized carbons (Fsp3) is 0.571. The van der Waals surface area contributed by atoms with Gasteiger partial charge >= 0.3 is 6.18 Å². The van der Waals surface area contributed by atoms with E-state index in [9.17, 15) is 22.0 Å². The largest absolute Gasteiger partial charge is 0.391 e. The topological polar surface area (TPSA) is 12.0 Å².